The molecule has 3 aromatic rings. The SMILES string of the molecule is COc1ccc(CCC(=O)N2CCCC2c2noc(COc3ccc(F)cc3)n2)cc1. The summed E-state index contributed by atoms with van der Waals surface area (Å²) in [6, 6.07) is 13.3. The number of methoxy groups -OCH3 is 1. The van der Waals surface area contributed by atoms with Crippen LogP contribution in [0.1, 0.15) is 42.6 Å². The van der Waals surface area contributed by atoms with E-state index in [0.717, 1.165) is 24.2 Å². The van der Waals surface area contributed by atoms with Gasteiger partial charge in [0.1, 0.15) is 17.3 Å². The van der Waals surface area contributed by atoms with Gasteiger partial charge < -0.3 is 18.9 Å². The molecule has 0 N–H and O–H groups in total. The number of halogens is 1. The van der Waals surface area contributed by atoms with Crippen molar-refractivity contribution < 1.29 is 23.2 Å². The van der Waals surface area contributed by atoms with Gasteiger partial charge in [-0.3, -0.25) is 4.79 Å². The van der Waals surface area contributed by atoms with Crippen LogP contribution in [0, 0.1) is 5.82 Å². The number of hydrogen-bond acceptors (Lipinski definition) is 6. The lowest BCUT2D eigenvalue weighted by Gasteiger charge is -2.22. The predicted molar refractivity (Wildman–Crippen MR) is 110 cm³/mol. The summed E-state index contributed by atoms with van der Waals surface area (Å²) in [6.45, 7) is 0.763. The Labute approximate surface area is 179 Å². The molecular formula is C23H24FN3O4. The first-order valence-corrected chi connectivity index (χ1v) is 10.3. The maximum atomic E-state index is 13.0. The molecular weight excluding hydrogens is 401 g/mol. The van der Waals surface area contributed by atoms with Crippen molar-refractivity contribution in [1.82, 2.24) is 15.0 Å². The molecule has 162 valence electrons. The molecule has 2 aromatic carbocycles. The van der Waals surface area contributed by atoms with Crippen molar-refractivity contribution in [2.45, 2.75) is 38.3 Å². The van der Waals surface area contributed by atoms with Crippen molar-refractivity contribution in [3.63, 3.8) is 0 Å². The van der Waals surface area contributed by atoms with Gasteiger partial charge in [-0.15, -0.1) is 0 Å². The van der Waals surface area contributed by atoms with E-state index in [1.165, 1.54) is 24.3 Å². The standard InChI is InChI=1S/C23H24FN3O4/c1-29-18-9-4-16(5-10-18)6-13-22(28)27-14-2-3-20(27)23-25-21(31-26-23)15-30-19-11-7-17(24)8-12-19/h4-5,7-12,20H,2-3,6,13-15H2,1H3. The van der Waals surface area contributed by atoms with Gasteiger partial charge in [-0.2, -0.15) is 4.98 Å². The van der Waals surface area contributed by atoms with Crippen molar-refractivity contribution >= 4 is 5.91 Å². The number of carbonyl (C=O) groups is 1. The first kappa shape index (κ1) is 20.8. The molecule has 8 heteroatoms. The first-order chi connectivity index (χ1) is 15.1. The van der Waals surface area contributed by atoms with Crippen LogP contribution in [0.3, 0.4) is 0 Å². The second-order valence-corrected chi connectivity index (χ2v) is 7.38. The second kappa shape index (κ2) is 9.59. The number of aromatic nitrogens is 2. The Balaban J connectivity index is 1.33. The van der Waals surface area contributed by atoms with E-state index in [9.17, 15) is 9.18 Å². The van der Waals surface area contributed by atoms with Crippen molar-refractivity contribution in [3.8, 4) is 11.5 Å². The van der Waals surface area contributed by atoms with E-state index in [2.05, 4.69) is 10.1 Å². The average Bonchev–Trinajstić information content (AvgIpc) is 3.47. The quantitative estimate of drug-likeness (QED) is 0.541. The number of carbonyl (C=O) groups excluding carboxylic acids is 1. The summed E-state index contributed by atoms with van der Waals surface area (Å²) in [5.41, 5.74) is 1.09. The number of likely N-dealkylation sites (tertiary alicyclic amines) is 1. The highest BCUT2D eigenvalue weighted by Crippen LogP contribution is 2.31. The summed E-state index contributed by atoms with van der Waals surface area (Å²) in [6.07, 6.45) is 2.78. The number of aryl methyl sites for hydroxylation is 1. The Bertz CT molecular complexity index is 1000. The van der Waals surface area contributed by atoms with Crippen LogP contribution < -0.4 is 9.47 Å². The monoisotopic (exact) mass is 425 g/mol. The van der Waals surface area contributed by atoms with E-state index in [0.29, 0.717) is 36.9 Å². The topological polar surface area (TPSA) is 77.7 Å². The Morgan fingerprint density at radius 3 is 2.65 bits per heavy atom. The molecule has 0 aliphatic carbocycles. The van der Waals surface area contributed by atoms with Gasteiger partial charge in [-0.05, 0) is 61.2 Å². The predicted octanol–water partition coefficient (Wildman–Crippen LogP) is 4.09. The molecule has 1 saturated heterocycles. The molecule has 7 nitrogen and oxygen atoms in total. The minimum absolute atomic E-state index is 0.0761. The molecule has 1 aliphatic heterocycles. The van der Waals surface area contributed by atoms with Crippen LogP contribution >= 0.6 is 0 Å². The van der Waals surface area contributed by atoms with Gasteiger partial charge in [0.2, 0.25) is 5.91 Å². The summed E-state index contributed by atoms with van der Waals surface area (Å²) in [5.74, 6) is 1.87. The molecule has 1 fully saturated rings. The van der Waals surface area contributed by atoms with Crippen LogP contribution in [-0.4, -0.2) is 34.6 Å². The third kappa shape index (κ3) is 5.20. The fourth-order valence-electron chi connectivity index (χ4n) is 3.66. The number of amides is 1. The number of ether oxygens (including phenoxy) is 2. The summed E-state index contributed by atoms with van der Waals surface area (Å²) >= 11 is 0. The minimum atomic E-state index is -0.328. The van der Waals surface area contributed by atoms with Gasteiger partial charge in [-0.1, -0.05) is 17.3 Å². The number of benzene rings is 2. The first-order valence-electron chi connectivity index (χ1n) is 10.3. The molecule has 1 aromatic heterocycles. The van der Waals surface area contributed by atoms with Gasteiger partial charge in [0, 0.05) is 13.0 Å². The Morgan fingerprint density at radius 2 is 1.90 bits per heavy atom. The molecule has 0 bridgehead atoms. The lowest BCUT2D eigenvalue weighted by Crippen LogP contribution is -2.31. The highest BCUT2D eigenvalue weighted by molar-refractivity contribution is 5.77. The largest absolute Gasteiger partial charge is 0.497 e. The number of nitrogens with zero attached hydrogens (tertiary/aromatic N) is 3. The van der Waals surface area contributed by atoms with E-state index < -0.39 is 0 Å². The van der Waals surface area contributed by atoms with Crippen molar-refractivity contribution in [1.29, 1.82) is 0 Å². The average molecular weight is 425 g/mol. The Hall–Kier alpha value is -3.42. The second-order valence-electron chi connectivity index (χ2n) is 7.38. The van der Waals surface area contributed by atoms with Crippen molar-refractivity contribution in [2.24, 2.45) is 0 Å². The summed E-state index contributed by atoms with van der Waals surface area (Å²) in [4.78, 5) is 19.1. The third-order valence-corrected chi connectivity index (χ3v) is 5.32. The fourth-order valence-corrected chi connectivity index (χ4v) is 3.66. The maximum Gasteiger partial charge on any atom is 0.264 e. The zero-order valence-corrected chi connectivity index (χ0v) is 17.3. The normalized spacial score (nSPS) is 15.8. The Morgan fingerprint density at radius 1 is 1.16 bits per heavy atom. The summed E-state index contributed by atoms with van der Waals surface area (Å²) in [5, 5.41) is 4.06. The van der Waals surface area contributed by atoms with Gasteiger partial charge in [-0.25, -0.2) is 4.39 Å². The van der Waals surface area contributed by atoms with E-state index in [1.807, 2.05) is 29.2 Å². The van der Waals surface area contributed by atoms with Crippen molar-refractivity contribution in [2.75, 3.05) is 13.7 Å². The van der Waals surface area contributed by atoms with E-state index in [-0.39, 0.29) is 24.4 Å². The molecule has 2 heterocycles. The molecule has 4 rings (SSSR count). The lowest BCUT2D eigenvalue weighted by atomic mass is 10.1. The molecule has 1 unspecified atom stereocenters. The highest BCUT2D eigenvalue weighted by Gasteiger charge is 2.33. The smallest absolute Gasteiger partial charge is 0.264 e. The molecule has 0 spiro atoms. The molecule has 1 aliphatic rings. The van der Waals surface area contributed by atoms with Crippen molar-refractivity contribution in [3.05, 3.63) is 71.6 Å². The lowest BCUT2D eigenvalue weighted by molar-refractivity contribution is -0.132. The highest BCUT2D eigenvalue weighted by atomic mass is 19.1. The third-order valence-electron chi connectivity index (χ3n) is 5.32. The summed E-state index contributed by atoms with van der Waals surface area (Å²) in [7, 11) is 1.63. The number of hydrogen-bond donors (Lipinski definition) is 0. The van der Waals surface area contributed by atoms with Gasteiger partial charge in [0.25, 0.3) is 5.89 Å². The molecule has 0 saturated carbocycles. The number of rotatable bonds is 8. The van der Waals surface area contributed by atoms with Gasteiger partial charge in [0.05, 0.1) is 13.2 Å². The van der Waals surface area contributed by atoms with Gasteiger partial charge in [0.15, 0.2) is 12.4 Å². The molecule has 1 atom stereocenters. The summed E-state index contributed by atoms with van der Waals surface area (Å²) < 4.78 is 29.0. The molecule has 31 heavy (non-hydrogen) atoms. The molecule has 1 amide bonds. The van der Waals surface area contributed by atoms with E-state index in [4.69, 9.17) is 14.0 Å². The molecule has 0 radical (unpaired) electrons. The van der Waals surface area contributed by atoms with Gasteiger partial charge >= 0.3 is 0 Å². The van der Waals surface area contributed by atoms with E-state index in [1.54, 1.807) is 7.11 Å². The van der Waals surface area contributed by atoms with Crippen LogP contribution in [0.2, 0.25) is 0 Å². The Kier molecular flexibility index (Phi) is 6.45. The van der Waals surface area contributed by atoms with Crippen LogP contribution in [0.25, 0.3) is 0 Å². The van der Waals surface area contributed by atoms with Crippen LogP contribution in [-0.2, 0) is 17.8 Å². The van der Waals surface area contributed by atoms with Crippen LogP contribution in [0.4, 0.5) is 4.39 Å². The zero-order valence-electron chi connectivity index (χ0n) is 17.3. The van der Waals surface area contributed by atoms with Crippen LogP contribution in [0.5, 0.6) is 11.5 Å². The minimum Gasteiger partial charge on any atom is -0.497 e. The van der Waals surface area contributed by atoms with E-state index >= 15 is 0 Å². The maximum absolute atomic E-state index is 13.0. The zero-order chi connectivity index (χ0) is 21.6. The van der Waals surface area contributed by atoms with Crippen LogP contribution in [0.15, 0.2) is 53.1 Å². The fraction of sp³-hybridized carbons (Fsp3) is 0.348.